The topological polar surface area (TPSA) is 49.8 Å². The molecule has 0 aliphatic carbocycles. The Hall–Kier alpha value is -1.97. The van der Waals surface area contributed by atoms with Gasteiger partial charge < -0.3 is 14.7 Å². The number of aliphatic hydroxyl groups excluding tert-OH is 1. The van der Waals surface area contributed by atoms with E-state index in [1.165, 1.54) is 18.4 Å². The third kappa shape index (κ3) is 5.43. The number of benzene rings is 1. The molecule has 4 nitrogen and oxygen atoms in total. The van der Waals surface area contributed by atoms with Crippen LogP contribution in [0.15, 0.2) is 31.0 Å². The normalized spacial score (nSPS) is 12.5. The summed E-state index contributed by atoms with van der Waals surface area (Å²) in [6.45, 7) is 11.7. The van der Waals surface area contributed by atoms with Gasteiger partial charge in [-0.1, -0.05) is 40.8 Å². The standard InChI is InChI=1S/C15H21NO2.C2H4O.CH4/c1-15(2,3)10-16-8-7-11-5-6-12(9-13(11)16)14(17)18-4;1-2-3;/h5-6,9H,7-8,10H2,1-4H3;2-3H,1H2;1H4. The molecule has 1 aliphatic heterocycles. The van der Waals surface area contributed by atoms with Gasteiger partial charge in [-0.15, -0.1) is 0 Å². The highest BCUT2D eigenvalue weighted by Gasteiger charge is 2.24. The number of nitrogens with zero attached hydrogens (tertiary/aromatic N) is 1. The Bertz CT molecular complexity index is 504. The van der Waals surface area contributed by atoms with Crippen molar-refractivity contribution in [3.63, 3.8) is 0 Å². The van der Waals surface area contributed by atoms with Crippen molar-refractivity contribution in [3.8, 4) is 0 Å². The molecule has 0 spiro atoms. The van der Waals surface area contributed by atoms with Gasteiger partial charge in [0.05, 0.1) is 18.9 Å². The first kappa shape index (κ1) is 20.0. The molecule has 2 rings (SSSR count). The molecule has 1 heterocycles. The first-order valence-corrected chi connectivity index (χ1v) is 7.03. The number of aliphatic hydroxyl groups is 1. The van der Waals surface area contributed by atoms with Crippen LogP contribution < -0.4 is 4.90 Å². The van der Waals surface area contributed by atoms with Gasteiger partial charge in [0.25, 0.3) is 0 Å². The molecule has 0 unspecified atom stereocenters. The maximum Gasteiger partial charge on any atom is 0.337 e. The van der Waals surface area contributed by atoms with Crippen molar-refractivity contribution in [3.05, 3.63) is 42.2 Å². The highest BCUT2D eigenvalue weighted by Crippen LogP contribution is 2.31. The quantitative estimate of drug-likeness (QED) is 0.657. The Kier molecular flexibility index (Phi) is 7.71. The number of esters is 1. The summed E-state index contributed by atoms with van der Waals surface area (Å²) in [6.07, 6.45) is 1.81. The summed E-state index contributed by atoms with van der Waals surface area (Å²) in [6, 6.07) is 5.86. The highest BCUT2D eigenvalue weighted by molar-refractivity contribution is 5.91. The number of anilines is 1. The van der Waals surface area contributed by atoms with Crippen LogP contribution in [0.5, 0.6) is 0 Å². The second-order valence-corrected chi connectivity index (χ2v) is 6.25. The van der Waals surface area contributed by atoms with E-state index in [1.54, 1.807) is 0 Å². The molecule has 0 bridgehead atoms. The lowest BCUT2D eigenvalue weighted by Crippen LogP contribution is -2.31. The van der Waals surface area contributed by atoms with E-state index in [0.29, 0.717) is 5.56 Å². The van der Waals surface area contributed by atoms with Gasteiger partial charge in [-0.25, -0.2) is 4.79 Å². The van der Waals surface area contributed by atoms with Gasteiger partial charge in [0, 0.05) is 18.8 Å². The molecule has 124 valence electrons. The molecule has 0 amide bonds. The van der Waals surface area contributed by atoms with Gasteiger partial charge >= 0.3 is 5.97 Å². The molecule has 0 aromatic heterocycles. The van der Waals surface area contributed by atoms with Crippen LogP contribution in [-0.4, -0.2) is 31.3 Å². The first-order chi connectivity index (χ1) is 9.82. The van der Waals surface area contributed by atoms with Crippen LogP contribution in [0, 0.1) is 5.41 Å². The Balaban J connectivity index is 0.00000102. The fraction of sp³-hybridized carbons (Fsp3) is 0.500. The van der Waals surface area contributed by atoms with Crippen molar-refractivity contribution < 1.29 is 14.6 Å². The molecule has 0 saturated carbocycles. The second-order valence-electron chi connectivity index (χ2n) is 6.25. The lowest BCUT2D eigenvalue weighted by Gasteiger charge is -2.28. The Morgan fingerprint density at radius 1 is 1.45 bits per heavy atom. The van der Waals surface area contributed by atoms with Gasteiger partial charge in [0.15, 0.2) is 0 Å². The third-order valence-corrected chi connectivity index (χ3v) is 3.16. The van der Waals surface area contributed by atoms with Crippen LogP contribution in [-0.2, 0) is 11.2 Å². The molecule has 0 atom stereocenters. The van der Waals surface area contributed by atoms with Gasteiger partial charge in [-0.05, 0) is 29.5 Å². The maximum absolute atomic E-state index is 11.6. The van der Waals surface area contributed by atoms with E-state index in [0.717, 1.165) is 25.8 Å². The van der Waals surface area contributed by atoms with Crippen molar-refractivity contribution >= 4 is 11.7 Å². The molecule has 0 saturated heterocycles. The van der Waals surface area contributed by atoms with Gasteiger partial charge in [0.2, 0.25) is 0 Å². The molecule has 4 heteroatoms. The van der Waals surface area contributed by atoms with Gasteiger partial charge in [-0.3, -0.25) is 0 Å². The van der Waals surface area contributed by atoms with Crippen molar-refractivity contribution in [1.82, 2.24) is 0 Å². The third-order valence-electron chi connectivity index (χ3n) is 3.16. The molecule has 1 N–H and O–H groups in total. The van der Waals surface area contributed by atoms with E-state index < -0.39 is 0 Å². The van der Waals surface area contributed by atoms with Crippen molar-refractivity contribution in [2.45, 2.75) is 34.6 Å². The number of hydrogen-bond donors (Lipinski definition) is 1. The number of hydrogen-bond acceptors (Lipinski definition) is 4. The average Bonchev–Trinajstić information content (AvgIpc) is 2.79. The van der Waals surface area contributed by atoms with Crippen LogP contribution >= 0.6 is 0 Å². The predicted octanol–water partition coefficient (Wildman–Crippen LogP) is 4.21. The molecular weight excluding hydrogens is 278 g/mol. The zero-order valence-electron chi connectivity index (χ0n) is 13.3. The summed E-state index contributed by atoms with van der Waals surface area (Å²) in [4.78, 5) is 13.9. The summed E-state index contributed by atoms with van der Waals surface area (Å²) in [7, 11) is 1.42. The summed E-state index contributed by atoms with van der Waals surface area (Å²) in [5.41, 5.74) is 3.40. The summed E-state index contributed by atoms with van der Waals surface area (Å²) in [5.74, 6) is -0.264. The Morgan fingerprint density at radius 3 is 2.55 bits per heavy atom. The molecule has 1 aromatic carbocycles. The maximum atomic E-state index is 11.6. The number of carbonyl (C=O) groups excluding carboxylic acids is 1. The smallest absolute Gasteiger partial charge is 0.337 e. The number of ether oxygens (including phenoxy) is 1. The molecule has 0 fully saturated rings. The SMILES string of the molecule is C.C=CO.COC(=O)c1ccc2c(c1)N(CC(C)(C)C)CC2. The summed E-state index contributed by atoms with van der Waals surface area (Å²) >= 11 is 0. The van der Waals surface area contributed by atoms with Crippen LogP contribution in [0.25, 0.3) is 0 Å². The number of rotatable bonds is 2. The zero-order valence-corrected chi connectivity index (χ0v) is 13.3. The molecule has 1 aromatic rings. The van der Waals surface area contributed by atoms with Crippen LogP contribution in [0.2, 0.25) is 0 Å². The zero-order chi connectivity index (χ0) is 16.0. The molecule has 0 radical (unpaired) electrons. The lowest BCUT2D eigenvalue weighted by atomic mass is 9.96. The van der Waals surface area contributed by atoms with Crippen molar-refractivity contribution in [2.24, 2.45) is 5.41 Å². The van der Waals surface area contributed by atoms with Crippen LogP contribution in [0.3, 0.4) is 0 Å². The fourth-order valence-electron chi connectivity index (χ4n) is 2.43. The first-order valence-electron chi connectivity index (χ1n) is 7.03. The summed E-state index contributed by atoms with van der Waals surface area (Å²) in [5, 5.41) is 7.33. The average molecular weight is 307 g/mol. The van der Waals surface area contributed by atoms with E-state index in [2.05, 4.69) is 32.3 Å². The van der Waals surface area contributed by atoms with E-state index in [4.69, 9.17) is 9.84 Å². The minimum absolute atomic E-state index is 0. The molecular formula is C18H29NO3. The molecule has 1 aliphatic rings. The van der Waals surface area contributed by atoms with Crippen LogP contribution in [0.1, 0.15) is 44.1 Å². The van der Waals surface area contributed by atoms with Crippen molar-refractivity contribution in [2.75, 3.05) is 25.1 Å². The van der Waals surface area contributed by atoms with Crippen molar-refractivity contribution in [1.29, 1.82) is 0 Å². The van der Waals surface area contributed by atoms with Crippen LogP contribution in [0.4, 0.5) is 5.69 Å². The minimum Gasteiger partial charge on any atom is -0.516 e. The van der Waals surface area contributed by atoms with Gasteiger partial charge in [-0.2, -0.15) is 0 Å². The number of methoxy groups -OCH3 is 1. The minimum atomic E-state index is -0.264. The number of fused-ring (bicyclic) bond motifs is 1. The fourth-order valence-corrected chi connectivity index (χ4v) is 2.43. The Labute approximate surface area is 134 Å². The van der Waals surface area contributed by atoms with E-state index in [1.807, 2.05) is 18.2 Å². The Morgan fingerprint density at radius 2 is 2.05 bits per heavy atom. The van der Waals surface area contributed by atoms with Gasteiger partial charge in [0.1, 0.15) is 0 Å². The lowest BCUT2D eigenvalue weighted by molar-refractivity contribution is 0.0601. The van der Waals surface area contributed by atoms with E-state index in [-0.39, 0.29) is 18.8 Å². The summed E-state index contributed by atoms with van der Waals surface area (Å²) < 4.78 is 4.77. The predicted molar refractivity (Wildman–Crippen MR) is 92.7 cm³/mol. The number of carbonyl (C=O) groups is 1. The molecule has 22 heavy (non-hydrogen) atoms. The second kappa shape index (κ2) is 8.47. The van der Waals surface area contributed by atoms with E-state index in [9.17, 15) is 4.79 Å². The highest BCUT2D eigenvalue weighted by atomic mass is 16.5. The van der Waals surface area contributed by atoms with E-state index >= 15 is 0 Å². The largest absolute Gasteiger partial charge is 0.516 e. The monoisotopic (exact) mass is 307 g/mol.